The molecule has 2 fully saturated rings. The molecule has 1 saturated heterocycles. The van der Waals surface area contributed by atoms with E-state index < -0.39 is 0 Å². The van der Waals surface area contributed by atoms with Gasteiger partial charge in [-0.25, -0.2) is 4.79 Å². The summed E-state index contributed by atoms with van der Waals surface area (Å²) in [6.07, 6.45) is 5.51. The molecule has 0 aromatic carbocycles. The molecule has 4 N–H and O–H groups in total. The van der Waals surface area contributed by atoms with Gasteiger partial charge in [-0.15, -0.1) is 12.4 Å². The Kier molecular flexibility index (Phi) is 8.70. The summed E-state index contributed by atoms with van der Waals surface area (Å²) in [7, 11) is 0. The van der Waals surface area contributed by atoms with E-state index in [0.717, 1.165) is 25.7 Å². The van der Waals surface area contributed by atoms with Crippen molar-refractivity contribution in [2.24, 2.45) is 5.73 Å². The fourth-order valence-electron chi connectivity index (χ4n) is 2.90. The number of halogens is 1. The summed E-state index contributed by atoms with van der Waals surface area (Å²) in [5.74, 6) is -0.277. The van der Waals surface area contributed by atoms with Gasteiger partial charge in [-0.05, 0) is 12.8 Å². The molecule has 1 aliphatic carbocycles. The Balaban J connectivity index is 0.00000242. The predicted octanol–water partition coefficient (Wildman–Crippen LogP) is 0.226. The predicted molar refractivity (Wildman–Crippen MR) is 86.0 cm³/mol. The van der Waals surface area contributed by atoms with Crippen molar-refractivity contribution in [1.29, 1.82) is 0 Å². The van der Waals surface area contributed by atoms with E-state index >= 15 is 0 Å². The van der Waals surface area contributed by atoms with Gasteiger partial charge in [0.25, 0.3) is 0 Å². The van der Waals surface area contributed by atoms with Crippen LogP contribution in [0.2, 0.25) is 0 Å². The molecule has 0 aromatic heterocycles. The molecule has 1 aliphatic heterocycles. The average Bonchev–Trinajstić information content (AvgIpc) is 2.48. The van der Waals surface area contributed by atoms with Crippen LogP contribution in [0.15, 0.2) is 0 Å². The van der Waals surface area contributed by atoms with E-state index in [1.54, 1.807) is 0 Å². The van der Waals surface area contributed by atoms with Crippen molar-refractivity contribution in [1.82, 2.24) is 15.5 Å². The molecular formula is C14H27ClN4O3. The SMILES string of the molecule is Cl.NCC1CN(CC(=O)NC(=O)NC2CCCCC2)CCO1. The van der Waals surface area contributed by atoms with Gasteiger partial charge in [-0.2, -0.15) is 0 Å². The molecular weight excluding hydrogens is 308 g/mol. The molecule has 2 rings (SSSR count). The van der Waals surface area contributed by atoms with E-state index in [2.05, 4.69) is 10.6 Å². The first-order valence-corrected chi connectivity index (χ1v) is 7.81. The van der Waals surface area contributed by atoms with Crippen LogP contribution < -0.4 is 16.4 Å². The summed E-state index contributed by atoms with van der Waals surface area (Å²) in [4.78, 5) is 25.6. The van der Waals surface area contributed by atoms with Gasteiger partial charge in [0.2, 0.25) is 5.91 Å². The molecule has 1 heterocycles. The molecule has 1 unspecified atom stereocenters. The third-order valence-electron chi connectivity index (χ3n) is 4.05. The molecule has 0 aromatic rings. The Morgan fingerprint density at radius 3 is 2.64 bits per heavy atom. The van der Waals surface area contributed by atoms with Gasteiger partial charge in [0.15, 0.2) is 0 Å². The first-order chi connectivity index (χ1) is 10.2. The van der Waals surface area contributed by atoms with E-state index in [0.29, 0.717) is 26.2 Å². The lowest BCUT2D eigenvalue weighted by Crippen LogP contribution is -2.51. The maximum atomic E-state index is 11.9. The Labute approximate surface area is 137 Å². The first kappa shape index (κ1) is 19.2. The van der Waals surface area contributed by atoms with Gasteiger partial charge in [0.05, 0.1) is 19.3 Å². The molecule has 7 nitrogen and oxygen atoms in total. The highest BCUT2D eigenvalue weighted by atomic mass is 35.5. The number of hydrogen-bond donors (Lipinski definition) is 3. The summed E-state index contributed by atoms with van der Waals surface area (Å²) in [6, 6.07) is -0.174. The van der Waals surface area contributed by atoms with Crippen molar-refractivity contribution in [3.63, 3.8) is 0 Å². The fourth-order valence-corrected chi connectivity index (χ4v) is 2.90. The zero-order valence-corrected chi connectivity index (χ0v) is 13.7. The topological polar surface area (TPSA) is 96.7 Å². The van der Waals surface area contributed by atoms with Gasteiger partial charge >= 0.3 is 6.03 Å². The number of amides is 3. The number of urea groups is 1. The highest BCUT2D eigenvalue weighted by Crippen LogP contribution is 2.17. The minimum absolute atomic E-state index is 0. The van der Waals surface area contributed by atoms with E-state index in [1.807, 2.05) is 4.90 Å². The van der Waals surface area contributed by atoms with Crippen LogP contribution in [0.3, 0.4) is 0 Å². The van der Waals surface area contributed by atoms with Crippen molar-refractivity contribution >= 4 is 24.3 Å². The van der Waals surface area contributed by atoms with Gasteiger partial charge in [-0.3, -0.25) is 15.0 Å². The number of hydrogen-bond acceptors (Lipinski definition) is 5. The number of nitrogens with zero attached hydrogens (tertiary/aromatic N) is 1. The van der Waals surface area contributed by atoms with Gasteiger partial charge in [0.1, 0.15) is 0 Å². The highest BCUT2D eigenvalue weighted by Gasteiger charge is 2.22. The standard InChI is InChI=1S/C14H26N4O3.ClH/c15-8-12-9-18(6-7-21-12)10-13(19)17-14(20)16-11-4-2-1-3-5-11;/h11-12H,1-10,15H2,(H2,16,17,19,20);1H. The van der Waals surface area contributed by atoms with Gasteiger partial charge in [-0.1, -0.05) is 19.3 Å². The van der Waals surface area contributed by atoms with Crippen LogP contribution in [0.1, 0.15) is 32.1 Å². The Morgan fingerprint density at radius 1 is 1.23 bits per heavy atom. The number of ether oxygens (including phenoxy) is 1. The third-order valence-corrected chi connectivity index (χ3v) is 4.05. The molecule has 8 heteroatoms. The van der Waals surface area contributed by atoms with Crippen LogP contribution in [0.25, 0.3) is 0 Å². The second kappa shape index (κ2) is 9.99. The molecule has 22 heavy (non-hydrogen) atoms. The minimum atomic E-state index is -0.379. The van der Waals surface area contributed by atoms with Crippen LogP contribution in [-0.4, -0.2) is 61.8 Å². The molecule has 2 aliphatic rings. The Bertz CT molecular complexity index is 364. The quantitative estimate of drug-likeness (QED) is 0.683. The smallest absolute Gasteiger partial charge is 0.321 e. The third kappa shape index (κ3) is 6.48. The maximum absolute atomic E-state index is 11.9. The second-order valence-electron chi connectivity index (χ2n) is 5.82. The zero-order chi connectivity index (χ0) is 15.1. The molecule has 3 amide bonds. The molecule has 1 atom stereocenters. The van der Waals surface area contributed by atoms with E-state index in [4.69, 9.17) is 10.5 Å². The minimum Gasteiger partial charge on any atom is -0.374 e. The summed E-state index contributed by atoms with van der Waals surface area (Å²) in [5.41, 5.74) is 5.56. The lowest BCUT2D eigenvalue weighted by molar-refractivity contribution is -0.123. The highest BCUT2D eigenvalue weighted by molar-refractivity contribution is 5.95. The number of imide groups is 1. The van der Waals surface area contributed by atoms with E-state index in [-0.39, 0.29) is 43.0 Å². The van der Waals surface area contributed by atoms with Crippen molar-refractivity contribution in [2.75, 3.05) is 32.8 Å². The van der Waals surface area contributed by atoms with Crippen LogP contribution in [0, 0.1) is 0 Å². The Hall–Kier alpha value is -0.890. The van der Waals surface area contributed by atoms with Crippen molar-refractivity contribution < 1.29 is 14.3 Å². The van der Waals surface area contributed by atoms with Crippen molar-refractivity contribution in [3.8, 4) is 0 Å². The fraction of sp³-hybridized carbons (Fsp3) is 0.857. The van der Waals surface area contributed by atoms with Gasteiger partial charge in [0, 0.05) is 25.7 Å². The Morgan fingerprint density at radius 2 is 1.95 bits per heavy atom. The summed E-state index contributed by atoms with van der Waals surface area (Å²) < 4.78 is 5.44. The largest absolute Gasteiger partial charge is 0.374 e. The lowest BCUT2D eigenvalue weighted by Gasteiger charge is -2.31. The zero-order valence-electron chi connectivity index (χ0n) is 12.9. The van der Waals surface area contributed by atoms with Crippen molar-refractivity contribution in [2.45, 2.75) is 44.2 Å². The summed E-state index contributed by atoms with van der Waals surface area (Å²) in [5, 5.41) is 5.28. The summed E-state index contributed by atoms with van der Waals surface area (Å²) in [6.45, 7) is 2.55. The molecule has 1 saturated carbocycles. The number of morpholine rings is 1. The first-order valence-electron chi connectivity index (χ1n) is 7.81. The monoisotopic (exact) mass is 334 g/mol. The number of nitrogens with two attached hydrogens (primary N) is 1. The number of carbonyl (C=O) groups excluding carboxylic acids is 2. The number of rotatable bonds is 4. The lowest BCUT2D eigenvalue weighted by atomic mass is 9.96. The number of nitrogens with one attached hydrogen (secondary N) is 2. The van der Waals surface area contributed by atoms with Crippen LogP contribution >= 0.6 is 12.4 Å². The second-order valence-corrected chi connectivity index (χ2v) is 5.82. The van der Waals surface area contributed by atoms with E-state index in [9.17, 15) is 9.59 Å². The van der Waals surface area contributed by atoms with Crippen molar-refractivity contribution in [3.05, 3.63) is 0 Å². The van der Waals surface area contributed by atoms with Gasteiger partial charge < -0.3 is 15.8 Å². The normalized spacial score (nSPS) is 23.4. The summed E-state index contributed by atoms with van der Waals surface area (Å²) >= 11 is 0. The van der Waals surface area contributed by atoms with E-state index in [1.165, 1.54) is 6.42 Å². The molecule has 0 radical (unpaired) electrons. The molecule has 128 valence electrons. The maximum Gasteiger partial charge on any atom is 0.321 e. The average molecular weight is 335 g/mol. The van der Waals surface area contributed by atoms with Crippen LogP contribution in [0.5, 0.6) is 0 Å². The molecule has 0 spiro atoms. The van der Waals surface area contributed by atoms with Crippen LogP contribution in [0.4, 0.5) is 4.79 Å². The van der Waals surface area contributed by atoms with Crippen LogP contribution in [-0.2, 0) is 9.53 Å². The molecule has 0 bridgehead atoms. The number of carbonyl (C=O) groups is 2.